The predicted octanol–water partition coefficient (Wildman–Crippen LogP) is 2.32. The van der Waals surface area contributed by atoms with Gasteiger partial charge in [-0.15, -0.1) is 0 Å². The summed E-state index contributed by atoms with van der Waals surface area (Å²) >= 11 is 0. The number of benzene rings is 1. The van der Waals surface area contributed by atoms with Crippen LogP contribution in [0, 0.1) is 0 Å². The Morgan fingerprint density at radius 1 is 1.19 bits per heavy atom. The first kappa shape index (κ1) is 14.5. The zero-order valence-corrected chi connectivity index (χ0v) is 11.4. The largest absolute Gasteiger partial charge is 0.487 e. The van der Waals surface area contributed by atoms with Crippen LogP contribution in [0.4, 0.5) is 5.69 Å². The average molecular weight is 286 g/mol. The number of nitrogens with one attached hydrogen (secondary N) is 1. The van der Waals surface area contributed by atoms with Crippen molar-refractivity contribution < 1.29 is 19.4 Å². The molecule has 2 rings (SSSR count). The summed E-state index contributed by atoms with van der Waals surface area (Å²) in [5, 5.41) is 11.4. The fraction of sp³-hybridized carbons (Fsp3) is 0.133. The van der Waals surface area contributed by atoms with Gasteiger partial charge in [0.1, 0.15) is 12.4 Å². The Hall–Kier alpha value is -2.89. The first-order chi connectivity index (χ1) is 10.0. The first-order valence-corrected chi connectivity index (χ1v) is 6.23. The Morgan fingerprint density at radius 2 is 1.90 bits per heavy atom. The van der Waals surface area contributed by atoms with Gasteiger partial charge in [0.05, 0.1) is 11.3 Å². The maximum absolute atomic E-state index is 10.9. The highest BCUT2D eigenvalue weighted by molar-refractivity contribution is 5.88. The van der Waals surface area contributed by atoms with Gasteiger partial charge in [0.2, 0.25) is 5.91 Å². The summed E-state index contributed by atoms with van der Waals surface area (Å²) in [6.07, 6.45) is 1.29. The van der Waals surface area contributed by atoms with Crippen LogP contribution in [0.1, 0.15) is 23.0 Å². The molecule has 0 spiro atoms. The fourth-order valence-corrected chi connectivity index (χ4v) is 1.63. The summed E-state index contributed by atoms with van der Waals surface area (Å²) in [6, 6.07) is 10.0. The molecule has 0 saturated heterocycles. The van der Waals surface area contributed by atoms with Gasteiger partial charge in [0, 0.05) is 18.8 Å². The number of carboxylic acids is 1. The van der Waals surface area contributed by atoms with E-state index in [1.807, 2.05) is 0 Å². The van der Waals surface area contributed by atoms with Gasteiger partial charge in [-0.1, -0.05) is 0 Å². The quantitative estimate of drug-likeness (QED) is 0.880. The van der Waals surface area contributed by atoms with Crippen molar-refractivity contribution in [1.82, 2.24) is 4.98 Å². The van der Waals surface area contributed by atoms with E-state index in [1.54, 1.807) is 30.3 Å². The van der Waals surface area contributed by atoms with Gasteiger partial charge in [0.25, 0.3) is 0 Å². The number of rotatable bonds is 5. The van der Waals surface area contributed by atoms with Gasteiger partial charge in [0.15, 0.2) is 0 Å². The first-order valence-electron chi connectivity index (χ1n) is 6.23. The SMILES string of the molecule is CC(=O)Nc1ccc(OCc2ccc(C(=O)O)cn2)cc1. The molecule has 0 unspecified atom stereocenters. The number of hydrogen-bond acceptors (Lipinski definition) is 4. The topological polar surface area (TPSA) is 88.5 Å². The number of carboxylic acid groups (broad SMARTS) is 1. The zero-order valence-electron chi connectivity index (χ0n) is 11.4. The number of nitrogens with zero attached hydrogens (tertiary/aromatic N) is 1. The number of carbonyl (C=O) groups is 2. The molecule has 0 radical (unpaired) electrons. The molecule has 0 saturated carbocycles. The standard InChI is InChI=1S/C15H14N2O4/c1-10(18)17-12-4-6-14(7-5-12)21-9-13-3-2-11(8-16-13)15(19)20/h2-8H,9H2,1H3,(H,17,18)(H,19,20). The third-order valence-corrected chi connectivity index (χ3v) is 2.63. The van der Waals surface area contributed by atoms with E-state index in [2.05, 4.69) is 10.3 Å². The van der Waals surface area contributed by atoms with E-state index >= 15 is 0 Å². The molecule has 6 heteroatoms. The molecule has 0 atom stereocenters. The highest BCUT2D eigenvalue weighted by Gasteiger charge is 2.03. The van der Waals surface area contributed by atoms with Crippen LogP contribution in [0.5, 0.6) is 5.75 Å². The molecule has 1 aromatic heterocycles. The Morgan fingerprint density at radius 3 is 2.43 bits per heavy atom. The van der Waals surface area contributed by atoms with Gasteiger partial charge < -0.3 is 15.2 Å². The summed E-state index contributed by atoms with van der Waals surface area (Å²) in [5.74, 6) is -0.511. The molecule has 0 aliphatic heterocycles. The number of hydrogen-bond donors (Lipinski definition) is 2. The van der Waals surface area contributed by atoms with E-state index in [4.69, 9.17) is 9.84 Å². The lowest BCUT2D eigenvalue weighted by atomic mass is 10.2. The molecule has 0 aliphatic carbocycles. The fourth-order valence-electron chi connectivity index (χ4n) is 1.63. The minimum atomic E-state index is -1.01. The van der Waals surface area contributed by atoms with Gasteiger partial charge in [-0.25, -0.2) is 4.79 Å². The number of aromatic nitrogens is 1. The van der Waals surface area contributed by atoms with Crippen molar-refractivity contribution in [3.05, 3.63) is 53.9 Å². The van der Waals surface area contributed by atoms with Crippen molar-refractivity contribution in [1.29, 1.82) is 0 Å². The van der Waals surface area contributed by atoms with Gasteiger partial charge >= 0.3 is 5.97 Å². The minimum absolute atomic E-state index is 0.133. The summed E-state index contributed by atoms with van der Waals surface area (Å²) < 4.78 is 5.53. The van der Waals surface area contributed by atoms with Gasteiger partial charge in [-0.05, 0) is 36.4 Å². The van der Waals surface area contributed by atoms with Gasteiger partial charge in [-0.3, -0.25) is 9.78 Å². The lowest BCUT2D eigenvalue weighted by Gasteiger charge is -2.07. The number of aromatic carboxylic acids is 1. The molecule has 1 aromatic carbocycles. The number of anilines is 1. The predicted molar refractivity (Wildman–Crippen MR) is 76.3 cm³/mol. The van der Waals surface area contributed by atoms with Crippen molar-refractivity contribution in [2.45, 2.75) is 13.5 Å². The Kier molecular flexibility index (Phi) is 4.50. The van der Waals surface area contributed by atoms with Crippen molar-refractivity contribution in [2.24, 2.45) is 0 Å². The molecular weight excluding hydrogens is 272 g/mol. The second kappa shape index (κ2) is 6.51. The smallest absolute Gasteiger partial charge is 0.337 e. The second-order valence-corrected chi connectivity index (χ2v) is 4.34. The van der Waals surface area contributed by atoms with Crippen molar-refractivity contribution >= 4 is 17.6 Å². The Labute approximate surface area is 121 Å². The Balaban J connectivity index is 1.93. The lowest BCUT2D eigenvalue weighted by molar-refractivity contribution is -0.114. The zero-order chi connectivity index (χ0) is 15.2. The summed E-state index contributed by atoms with van der Waals surface area (Å²) in [5.41, 5.74) is 1.46. The highest BCUT2D eigenvalue weighted by Crippen LogP contribution is 2.16. The molecule has 21 heavy (non-hydrogen) atoms. The summed E-state index contributed by atoms with van der Waals surface area (Å²) in [6.45, 7) is 1.68. The molecule has 6 nitrogen and oxygen atoms in total. The molecule has 108 valence electrons. The molecule has 2 aromatic rings. The van der Waals surface area contributed by atoms with Crippen LogP contribution >= 0.6 is 0 Å². The molecular formula is C15H14N2O4. The molecule has 1 heterocycles. The normalized spacial score (nSPS) is 9.95. The third-order valence-electron chi connectivity index (χ3n) is 2.63. The van der Waals surface area contributed by atoms with Crippen LogP contribution in [-0.4, -0.2) is 22.0 Å². The van der Waals surface area contributed by atoms with E-state index in [0.29, 0.717) is 17.1 Å². The van der Waals surface area contributed by atoms with Crippen LogP contribution in [-0.2, 0) is 11.4 Å². The van der Waals surface area contributed by atoms with Gasteiger partial charge in [-0.2, -0.15) is 0 Å². The van der Waals surface area contributed by atoms with Crippen molar-refractivity contribution in [3.63, 3.8) is 0 Å². The molecule has 0 fully saturated rings. The summed E-state index contributed by atoms with van der Waals surface area (Å²) in [7, 11) is 0. The monoisotopic (exact) mass is 286 g/mol. The average Bonchev–Trinajstić information content (AvgIpc) is 2.46. The van der Waals surface area contributed by atoms with Crippen LogP contribution in [0.2, 0.25) is 0 Å². The Bertz CT molecular complexity index is 636. The van der Waals surface area contributed by atoms with Crippen molar-refractivity contribution in [2.75, 3.05) is 5.32 Å². The highest BCUT2D eigenvalue weighted by atomic mass is 16.5. The van der Waals surface area contributed by atoms with Crippen LogP contribution in [0.15, 0.2) is 42.6 Å². The second-order valence-electron chi connectivity index (χ2n) is 4.34. The van der Waals surface area contributed by atoms with E-state index in [-0.39, 0.29) is 18.1 Å². The third kappa shape index (κ3) is 4.31. The lowest BCUT2D eigenvalue weighted by Crippen LogP contribution is -2.05. The van der Waals surface area contributed by atoms with E-state index in [1.165, 1.54) is 19.2 Å². The van der Waals surface area contributed by atoms with Crippen LogP contribution in [0.3, 0.4) is 0 Å². The molecule has 1 amide bonds. The maximum Gasteiger partial charge on any atom is 0.337 e. The number of ether oxygens (including phenoxy) is 1. The maximum atomic E-state index is 10.9. The van der Waals surface area contributed by atoms with E-state index in [0.717, 1.165) is 0 Å². The number of pyridine rings is 1. The minimum Gasteiger partial charge on any atom is -0.487 e. The number of amides is 1. The van der Waals surface area contributed by atoms with E-state index < -0.39 is 5.97 Å². The van der Waals surface area contributed by atoms with Crippen LogP contribution < -0.4 is 10.1 Å². The molecule has 0 bridgehead atoms. The number of carbonyl (C=O) groups excluding carboxylic acids is 1. The van der Waals surface area contributed by atoms with Crippen LogP contribution in [0.25, 0.3) is 0 Å². The summed E-state index contributed by atoms with van der Waals surface area (Å²) in [4.78, 5) is 25.6. The van der Waals surface area contributed by atoms with Crippen molar-refractivity contribution in [3.8, 4) is 5.75 Å². The molecule has 2 N–H and O–H groups in total. The molecule has 0 aliphatic rings. The van der Waals surface area contributed by atoms with E-state index in [9.17, 15) is 9.59 Å².